The van der Waals surface area contributed by atoms with Crippen LogP contribution in [-0.2, 0) is 10.2 Å². The molecule has 0 spiro atoms. The Hall–Kier alpha value is -0.390. The summed E-state index contributed by atoms with van der Waals surface area (Å²) in [4.78, 5) is 12.4. The van der Waals surface area contributed by atoms with Crippen LogP contribution >= 0.6 is 27.3 Å². The number of hydrogen-bond donors (Lipinski definition) is 2. The number of aliphatic carboxylic acids is 1. The predicted octanol–water partition coefficient (Wildman–Crippen LogP) is 3.24. The molecule has 100 valence electrons. The second-order valence-corrected chi connectivity index (χ2v) is 8.14. The maximum Gasteiger partial charge on any atom is 0.310 e. The van der Waals surface area contributed by atoms with Gasteiger partial charge in [-0.25, -0.2) is 0 Å². The van der Waals surface area contributed by atoms with Crippen molar-refractivity contribution in [1.82, 2.24) is 5.32 Å². The Bertz CT molecular complexity index is 452. The summed E-state index contributed by atoms with van der Waals surface area (Å²) in [5.41, 5.74) is -0.447. The number of carbonyl (C=O) groups is 1. The maximum atomic E-state index is 11.1. The normalized spacial score (nSPS) is 17.7. The van der Waals surface area contributed by atoms with Crippen LogP contribution in [0, 0.1) is 5.41 Å². The molecule has 1 aromatic rings. The summed E-state index contributed by atoms with van der Waals surface area (Å²) in [5, 5.41) is 12.4. The highest BCUT2D eigenvalue weighted by atomic mass is 79.9. The zero-order valence-corrected chi connectivity index (χ0v) is 13.0. The SMILES string of the molecule is CC(C)(CNCC1(C(=O)O)CC1)c1ccc(Br)s1. The molecule has 0 bridgehead atoms. The van der Waals surface area contributed by atoms with E-state index in [1.54, 1.807) is 11.3 Å². The first-order chi connectivity index (χ1) is 8.36. The van der Waals surface area contributed by atoms with Crippen LogP contribution in [0.2, 0.25) is 0 Å². The quantitative estimate of drug-likeness (QED) is 0.841. The standard InChI is InChI=1S/C13H18BrNO2S/c1-12(2,9-3-4-10(14)18-9)7-15-8-13(5-6-13)11(16)17/h3-4,15H,5-8H2,1-2H3,(H,16,17). The van der Waals surface area contributed by atoms with E-state index in [1.165, 1.54) is 4.88 Å². The van der Waals surface area contributed by atoms with Gasteiger partial charge < -0.3 is 10.4 Å². The number of carboxylic acids is 1. The number of halogens is 1. The van der Waals surface area contributed by atoms with Crippen molar-refractivity contribution in [2.75, 3.05) is 13.1 Å². The number of hydrogen-bond acceptors (Lipinski definition) is 3. The van der Waals surface area contributed by atoms with Crippen LogP contribution in [0.4, 0.5) is 0 Å². The molecule has 0 saturated heterocycles. The average Bonchev–Trinajstić information content (AvgIpc) is 2.93. The molecule has 0 aromatic carbocycles. The van der Waals surface area contributed by atoms with E-state index in [1.807, 2.05) is 0 Å². The molecule has 2 N–H and O–H groups in total. The molecule has 1 heterocycles. The number of carboxylic acid groups (broad SMARTS) is 1. The molecule has 0 atom stereocenters. The van der Waals surface area contributed by atoms with Gasteiger partial charge in [0.1, 0.15) is 0 Å². The fourth-order valence-corrected chi connectivity index (χ4v) is 3.48. The molecule has 18 heavy (non-hydrogen) atoms. The summed E-state index contributed by atoms with van der Waals surface area (Å²) in [5.74, 6) is -0.660. The molecule has 1 aliphatic rings. The van der Waals surface area contributed by atoms with Crippen molar-refractivity contribution in [2.24, 2.45) is 5.41 Å². The van der Waals surface area contributed by atoms with Crippen molar-refractivity contribution in [2.45, 2.75) is 32.1 Å². The van der Waals surface area contributed by atoms with Crippen molar-refractivity contribution in [1.29, 1.82) is 0 Å². The molecule has 1 aliphatic carbocycles. The van der Waals surface area contributed by atoms with Gasteiger partial charge in [-0.15, -0.1) is 11.3 Å². The monoisotopic (exact) mass is 331 g/mol. The lowest BCUT2D eigenvalue weighted by atomic mass is 9.91. The van der Waals surface area contributed by atoms with Crippen molar-refractivity contribution in [3.63, 3.8) is 0 Å². The average molecular weight is 332 g/mol. The highest BCUT2D eigenvalue weighted by Gasteiger charge is 2.49. The van der Waals surface area contributed by atoms with Gasteiger partial charge in [0, 0.05) is 23.4 Å². The van der Waals surface area contributed by atoms with Crippen LogP contribution in [0.25, 0.3) is 0 Å². The molecule has 5 heteroatoms. The minimum absolute atomic E-state index is 0.0330. The maximum absolute atomic E-state index is 11.1. The predicted molar refractivity (Wildman–Crippen MR) is 77.2 cm³/mol. The molecule has 1 saturated carbocycles. The van der Waals surface area contributed by atoms with E-state index in [9.17, 15) is 4.79 Å². The third kappa shape index (κ3) is 2.95. The van der Waals surface area contributed by atoms with Gasteiger partial charge in [0.25, 0.3) is 0 Å². The van der Waals surface area contributed by atoms with Crippen LogP contribution in [0.15, 0.2) is 15.9 Å². The Morgan fingerprint density at radius 2 is 2.22 bits per heavy atom. The smallest absolute Gasteiger partial charge is 0.310 e. The number of rotatable bonds is 6. The summed E-state index contributed by atoms with van der Waals surface area (Å²) < 4.78 is 1.13. The van der Waals surface area contributed by atoms with E-state index in [2.05, 4.69) is 47.2 Å². The molecule has 0 unspecified atom stereocenters. The Labute approximate surface area is 120 Å². The van der Waals surface area contributed by atoms with Crippen molar-refractivity contribution >= 4 is 33.2 Å². The minimum atomic E-state index is -0.660. The lowest BCUT2D eigenvalue weighted by Crippen LogP contribution is -2.37. The summed E-state index contributed by atoms with van der Waals surface area (Å²) in [6.07, 6.45) is 1.61. The largest absolute Gasteiger partial charge is 0.481 e. The van der Waals surface area contributed by atoms with Crippen LogP contribution in [-0.4, -0.2) is 24.2 Å². The van der Waals surface area contributed by atoms with Gasteiger partial charge in [-0.1, -0.05) is 13.8 Å². The minimum Gasteiger partial charge on any atom is -0.481 e. The molecule has 0 radical (unpaired) electrons. The molecule has 2 rings (SSSR count). The van der Waals surface area contributed by atoms with Crippen LogP contribution in [0.3, 0.4) is 0 Å². The lowest BCUT2D eigenvalue weighted by Gasteiger charge is -2.24. The van der Waals surface area contributed by atoms with Crippen LogP contribution < -0.4 is 5.32 Å². The molecule has 1 fully saturated rings. The van der Waals surface area contributed by atoms with Crippen LogP contribution in [0.5, 0.6) is 0 Å². The highest BCUT2D eigenvalue weighted by Crippen LogP contribution is 2.45. The number of thiophene rings is 1. The molecule has 1 aromatic heterocycles. The zero-order valence-electron chi connectivity index (χ0n) is 10.6. The first-order valence-electron chi connectivity index (χ1n) is 6.06. The first kappa shape index (κ1) is 14.0. The van der Waals surface area contributed by atoms with E-state index in [0.29, 0.717) is 6.54 Å². The molecule has 3 nitrogen and oxygen atoms in total. The zero-order chi connectivity index (χ0) is 13.4. The Morgan fingerprint density at radius 1 is 1.56 bits per heavy atom. The fraction of sp³-hybridized carbons (Fsp3) is 0.615. The van der Waals surface area contributed by atoms with Gasteiger partial charge in [0.2, 0.25) is 0 Å². The number of nitrogens with one attached hydrogen (secondary N) is 1. The van der Waals surface area contributed by atoms with Crippen molar-refractivity contribution < 1.29 is 9.90 Å². The summed E-state index contributed by atoms with van der Waals surface area (Å²) in [6, 6.07) is 4.18. The second-order valence-electron chi connectivity index (χ2n) is 5.68. The summed E-state index contributed by atoms with van der Waals surface area (Å²) in [6.45, 7) is 5.74. The van der Waals surface area contributed by atoms with Gasteiger partial charge in [0.15, 0.2) is 0 Å². The molecule has 0 aliphatic heterocycles. The van der Waals surface area contributed by atoms with E-state index < -0.39 is 11.4 Å². The molecular formula is C13H18BrNO2S. The summed E-state index contributed by atoms with van der Waals surface area (Å²) in [7, 11) is 0. The molecule has 0 amide bonds. The lowest BCUT2D eigenvalue weighted by molar-refractivity contribution is -0.143. The first-order valence-corrected chi connectivity index (χ1v) is 7.67. The topological polar surface area (TPSA) is 49.3 Å². The Balaban J connectivity index is 1.88. The molecular weight excluding hydrogens is 314 g/mol. The van der Waals surface area contributed by atoms with Gasteiger partial charge in [-0.05, 0) is 40.9 Å². The fourth-order valence-electron chi connectivity index (χ4n) is 2.00. The third-order valence-electron chi connectivity index (χ3n) is 3.58. The van der Waals surface area contributed by atoms with Gasteiger partial charge in [0.05, 0.1) is 9.20 Å². The van der Waals surface area contributed by atoms with Gasteiger partial charge >= 0.3 is 5.97 Å². The third-order valence-corrected chi connectivity index (χ3v) is 5.57. The van der Waals surface area contributed by atoms with E-state index in [0.717, 1.165) is 23.2 Å². The van der Waals surface area contributed by atoms with E-state index in [-0.39, 0.29) is 5.41 Å². The van der Waals surface area contributed by atoms with E-state index >= 15 is 0 Å². The Kier molecular flexibility index (Phi) is 3.85. The van der Waals surface area contributed by atoms with E-state index in [4.69, 9.17) is 5.11 Å². The highest BCUT2D eigenvalue weighted by molar-refractivity contribution is 9.11. The van der Waals surface area contributed by atoms with Crippen molar-refractivity contribution in [3.05, 3.63) is 20.8 Å². The summed E-state index contributed by atoms with van der Waals surface area (Å²) >= 11 is 5.21. The second kappa shape index (κ2) is 4.94. The van der Waals surface area contributed by atoms with Crippen molar-refractivity contribution in [3.8, 4) is 0 Å². The van der Waals surface area contributed by atoms with Gasteiger partial charge in [-0.2, -0.15) is 0 Å². The Morgan fingerprint density at radius 3 is 2.67 bits per heavy atom. The van der Waals surface area contributed by atoms with Crippen LogP contribution in [0.1, 0.15) is 31.6 Å². The van der Waals surface area contributed by atoms with Gasteiger partial charge in [-0.3, -0.25) is 4.79 Å².